The monoisotopic (exact) mass is 267 g/mol. The molecule has 0 aromatic carbocycles. The summed E-state index contributed by atoms with van der Waals surface area (Å²) in [6.07, 6.45) is 2.73. The molecule has 0 spiro atoms. The quantitative estimate of drug-likeness (QED) is 0.442. The lowest BCUT2D eigenvalue weighted by Gasteiger charge is -2.06. The van der Waals surface area contributed by atoms with Crippen molar-refractivity contribution in [2.24, 2.45) is 5.73 Å². The predicted molar refractivity (Wildman–Crippen MR) is 74.5 cm³/mol. The van der Waals surface area contributed by atoms with Gasteiger partial charge in [0.15, 0.2) is 0 Å². The predicted octanol–water partition coefficient (Wildman–Crippen LogP) is 1.47. The molecule has 0 saturated carbocycles. The minimum absolute atomic E-state index is 0.177. The number of hydrogen-bond acceptors (Lipinski definition) is 5. The van der Waals surface area contributed by atoms with Gasteiger partial charge in [-0.05, 0) is 25.5 Å². The summed E-state index contributed by atoms with van der Waals surface area (Å²) in [6, 6.07) is 3.54. The van der Waals surface area contributed by atoms with E-state index >= 15 is 0 Å². The van der Waals surface area contributed by atoms with Gasteiger partial charge in [-0.25, -0.2) is 4.98 Å². The molecule has 0 unspecified atom stereocenters. The minimum atomic E-state index is -0.177. The van der Waals surface area contributed by atoms with Crippen LogP contribution in [0, 0.1) is 0 Å². The van der Waals surface area contributed by atoms with Crippen LogP contribution < -0.4 is 11.1 Å². The van der Waals surface area contributed by atoms with Gasteiger partial charge in [-0.15, -0.1) is 0 Å². The van der Waals surface area contributed by atoms with Crippen molar-refractivity contribution in [1.82, 2.24) is 4.98 Å². The van der Waals surface area contributed by atoms with E-state index in [-0.39, 0.29) is 5.97 Å². The Morgan fingerprint density at radius 2 is 2.39 bits per heavy atom. The topological polar surface area (TPSA) is 77.2 Å². The highest BCUT2D eigenvalue weighted by molar-refractivity contribution is 7.80. The van der Waals surface area contributed by atoms with Crippen molar-refractivity contribution in [2.45, 2.75) is 19.8 Å². The van der Waals surface area contributed by atoms with E-state index < -0.39 is 0 Å². The first-order chi connectivity index (χ1) is 8.63. The van der Waals surface area contributed by atoms with Gasteiger partial charge in [-0.2, -0.15) is 0 Å². The zero-order chi connectivity index (χ0) is 13.4. The van der Waals surface area contributed by atoms with Crippen LogP contribution >= 0.6 is 12.2 Å². The molecule has 0 amide bonds. The van der Waals surface area contributed by atoms with E-state index in [9.17, 15) is 4.79 Å². The number of pyridine rings is 1. The SMILES string of the molecule is CCOC(=O)CCCNc1cc(C(N)=S)ccn1. The molecule has 6 heteroatoms. The number of anilines is 1. The van der Waals surface area contributed by atoms with Gasteiger partial charge in [0.1, 0.15) is 10.8 Å². The summed E-state index contributed by atoms with van der Waals surface area (Å²) in [6.45, 7) is 2.86. The highest BCUT2D eigenvalue weighted by Gasteiger charge is 2.02. The van der Waals surface area contributed by atoms with Gasteiger partial charge in [0.25, 0.3) is 0 Å². The summed E-state index contributed by atoms with van der Waals surface area (Å²) >= 11 is 4.88. The molecule has 1 aromatic heterocycles. The molecule has 0 bridgehead atoms. The fourth-order valence-electron chi connectivity index (χ4n) is 1.36. The van der Waals surface area contributed by atoms with E-state index in [0.29, 0.717) is 36.8 Å². The van der Waals surface area contributed by atoms with E-state index in [2.05, 4.69) is 10.3 Å². The van der Waals surface area contributed by atoms with Crippen molar-refractivity contribution in [3.05, 3.63) is 23.9 Å². The van der Waals surface area contributed by atoms with Gasteiger partial charge in [-0.1, -0.05) is 12.2 Å². The largest absolute Gasteiger partial charge is 0.466 e. The Labute approximate surface area is 112 Å². The smallest absolute Gasteiger partial charge is 0.305 e. The van der Waals surface area contributed by atoms with Crippen molar-refractivity contribution in [2.75, 3.05) is 18.5 Å². The van der Waals surface area contributed by atoms with Crippen molar-refractivity contribution in [1.29, 1.82) is 0 Å². The molecule has 0 atom stereocenters. The van der Waals surface area contributed by atoms with Crippen LogP contribution in [0.15, 0.2) is 18.3 Å². The number of nitrogens with two attached hydrogens (primary N) is 1. The molecule has 0 aliphatic rings. The van der Waals surface area contributed by atoms with Gasteiger partial charge in [0.05, 0.1) is 6.61 Å². The molecule has 1 heterocycles. The molecular weight excluding hydrogens is 250 g/mol. The van der Waals surface area contributed by atoms with Crippen molar-refractivity contribution >= 4 is 29.0 Å². The number of carbonyl (C=O) groups is 1. The molecule has 3 N–H and O–H groups in total. The number of carbonyl (C=O) groups excluding carboxylic acids is 1. The number of esters is 1. The second-order valence-electron chi connectivity index (χ2n) is 3.63. The van der Waals surface area contributed by atoms with E-state index in [1.807, 2.05) is 0 Å². The molecule has 98 valence electrons. The van der Waals surface area contributed by atoms with Gasteiger partial charge >= 0.3 is 5.97 Å². The fourth-order valence-corrected chi connectivity index (χ4v) is 1.49. The number of nitrogens with zero attached hydrogens (tertiary/aromatic N) is 1. The number of nitrogens with one attached hydrogen (secondary N) is 1. The third-order valence-corrected chi connectivity index (χ3v) is 2.45. The van der Waals surface area contributed by atoms with Gasteiger partial charge in [0, 0.05) is 24.7 Å². The summed E-state index contributed by atoms with van der Waals surface area (Å²) < 4.78 is 4.83. The Morgan fingerprint density at radius 1 is 1.61 bits per heavy atom. The second kappa shape index (κ2) is 7.60. The molecule has 1 aromatic rings. The Hall–Kier alpha value is -1.69. The zero-order valence-electron chi connectivity index (χ0n) is 10.3. The van der Waals surface area contributed by atoms with Gasteiger partial charge in [-0.3, -0.25) is 4.79 Å². The number of rotatable bonds is 7. The van der Waals surface area contributed by atoms with E-state index in [1.165, 1.54) is 0 Å². The Morgan fingerprint density at radius 3 is 3.06 bits per heavy atom. The highest BCUT2D eigenvalue weighted by Crippen LogP contribution is 2.07. The highest BCUT2D eigenvalue weighted by atomic mass is 32.1. The van der Waals surface area contributed by atoms with Crippen LogP contribution in [0.25, 0.3) is 0 Å². The summed E-state index contributed by atoms with van der Waals surface area (Å²) in [7, 11) is 0. The van der Waals surface area contributed by atoms with E-state index in [1.54, 1.807) is 25.3 Å². The average molecular weight is 267 g/mol. The first kappa shape index (κ1) is 14.4. The molecule has 0 fully saturated rings. The van der Waals surface area contributed by atoms with Crippen molar-refractivity contribution in [3.8, 4) is 0 Å². The lowest BCUT2D eigenvalue weighted by atomic mass is 10.2. The van der Waals surface area contributed by atoms with Crippen LogP contribution in [0.3, 0.4) is 0 Å². The third-order valence-electron chi connectivity index (χ3n) is 2.21. The number of hydrogen-bond donors (Lipinski definition) is 2. The van der Waals surface area contributed by atoms with E-state index in [0.717, 1.165) is 5.56 Å². The summed E-state index contributed by atoms with van der Waals surface area (Å²) in [5, 5.41) is 3.10. The maximum absolute atomic E-state index is 11.1. The molecule has 18 heavy (non-hydrogen) atoms. The molecule has 0 radical (unpaired) electrons. The molecule has 5 nitrogen and oxygen atoms in total. The first-order valence-corrected chi connectivity index (χ1v) is 6.19. The third kappa shape index (κ3) is 5.09. The molecule has 0 aliphatic carbocycles. The zero-order valence-corrected chi connectivity index (χ0v) is 11.1. The van der Waals surface area contributed by atoms with Crippen LogP contribution in [-0.2, 0) is 9.53 Å². The fraction of sp³-hybridized carbons (Fsp3) is 0.417. The first-order valence-electron chi connectivity index (χ1n) is 5.79. The molecule has 0 aliphatic heterocycles. The average Bonchev–Trinajstić information content (AvgIpc) is 2.35. The maximum atomic E-state index is 11.1. The Balaban J connectivity index is 2.33. The number of thiocarbonyl (C=S) groups is 1. The Kier molecular flexibility index (Phi) is 6.07. The maximum Gasteiger partial charge on any atom is 0.305 e. The van der Waals surface area contributed by atoms with Crippen LogP contribution in [0.5, 0.6) is 0 Å². The molecular formula is C12H17N3O2S. The van der Waals surface area contributed by atoms with Crippen molar-refractivity contribution < 1.29 is 9.53 Å². The Bertz CT molecular complexity index is 424. The number of ether oxygens (including phenoxy) is 1. The summed E-state index contributed by atoms with van der Waals surface area (Å²) in [4.78, 5) is 15.6. The normalized spacial score (nSPS) is 9.83. The van der Waals surface area contributed by atoms with Gasteiger partial charge in [0.2, 0.25) is 0 Å². The summed E-state index contributed by atoms with van der Waals surface area (Å²) in [5.74, 6) is 0.522. The molecule has 1 rings (SSSR count). The molecule has 0 saturated heterocycles. The number of aromatic nitrogens is 1. The van der Waals surface area contributed by atoms with Crippen LogP contribution in [0.1, 0.15) is 25.3 Å². The lowest BCUT2D eigenvalue weighted by Crippen LogP contribution is -2.12. The van der Waals surface area contributed by atoms with Crippen molar-refractivity contribution in [3.63, 3.8) is 0 Å². The minimum Gasteiger partial charge on any atom is -0.466 e. The standard InChI is InChI=1S/C12H17N3O2S/c1-2-17-11(16)4-3-6-14-10-8-9(12(13)18)5-7-15-10/h5,7-8H,2-4,6H2,1H3,(H2,13,18)(H,14,15). The van der Waals surface area contributed by atoms with Crippen LogP contribution in [0.2, 0.25) is 0 Å². The van der Waals surface area contributed by atoms with E-state index in [4.69, 9.17) is 22.7 Å². The summed E-state index contributed by atoms with van der Waals surface area (Å²) in [5.41, 5.74) is 6.30. The van der Waals surface area contributed by atoms with Crippen LogP contribution in [0.4, 0.5) is 5.82 Å². The van der Waals surface area contributed by atoms with Crippen LogP contribution in [-0.4, -0.2) is 29.1 Å². The second-order valence-corrected chi connectivity index (χ2v) is 4.07. The lowest BCUT2D eigenvalue weighted by molar-refractivity contribution is -0.143. The van der Waals surface area contributed by atoms with Gasteiger partial charge < -0.3 is 15.8 Å².